The molecule has 0 saturated carbocycles. The van der Waals surface area contributed by atoms with E-state index in [9.17, 15) is 0 Å². The maximum absolute atomic E-state index is 5.53. The van der Waals surface area contributed by atoms with Gasteiger partial charge in [0.15, 0.2) is 0 Å². The lowest BCUT2D eigenvalue weighted by Gasteiger charge is -2.44. The number of rotatable bonds is 1. The molecule has 0 atom stereocenters. The van der Waals surface area contributed by atoms with Gasteiger partial charge in [0.05, 0.1) is 13.2 Å². The van der Waals surface area contributed by atoms with Crippen LogP contribution in [0.3, 0.4) is 0 Å². The second-order valence-corrected chi connectivity index (χ2v) is 4.51. The average Bonchev–Trinajstić information content (AvgIpc) is 2.55. The highest BCUT2D eigenvalue weighted by Gasteiger charge is 2.37. The fourth-order valence-corrected chi connectivity index (χ4v) is 2.20. The van der Waals surface area contributed by atoms with Gasteiger partial charge in [-0.1, -0.05) is 6.42 Å². The second kappa shape index (κ2) is 4.79. The third kappa shape index (κ3) is 2.40. The van der Waals surface area contributed by atoms with Crippen LogP contribution in [-0.2, 0) is 9.47 Å². The van der Waals surface area contributed by atoms with E-state index in [1.165, 1.54) is 19.3 Å². The topological polar surface area (TPSA) is 21.7 Å². The Morgan fingerprint density at radius 3 is 2.36 bits per heavy atom. The number of hydrogen-bond acceptors (Lipinski definition) is 3. The first-order valence-electron chi connectivity index (χ1n) is 5.20. The SMILES string of the molecule is CC1(C)CCCCN1C1OCCO1.Cl. The molecule has 84 valence electrons. The highest BCUT2D eigenvalue weighted by Crippen LogP contribution is 2.30. The molecular formula is C10H20ClNO2. The fraction of sp³-hybridized carbons (Fsp3) is 1.00. The van der Waals surface area contributed by atoms with Crippen LogP contribution in [0.2, 0.25) is 0 Å². The Kier molecular flexibility index (Phi) is 4.19. The zero-order valence-electron chi connectivity index (χ0n) is 8.99. The van der Waals surface area contributed by atoms with Crippen molar-refractivity contribution in [3.63, 3.8) is 0 Å². The molecule has 0 radical (unpaired) electrons. The van der Waals surface area contributed by atoms with E-state index in [1.54, 1.807) is 0 Å². The van der Waals surface area contributed by atoms with Crippen molar-refractivity contribution in [3.8, 4) is 0 Å². The molecule has 2 saturated heterocycles. The van der Waals surface area contributed by atoms with Gasteiger partial charge in [-0.25, -0.2) is 4.90 Å². The molecule has 2 aliphatic heterocycles. The molecule has 0 aliphatic carbocycles. The Bertz CT molecular complexity index is 181. The molecule has 0 aromatic heterocycles. The molecule has 2 heterocycles. The number of nitrogens with zero attached hydrogens (tertiary/aromatic N) is 1. The molecule has 0 N–H and O–H groups in total. The van der Waals surface area contributed by atoms with Crippen LogP contribution in [0.1, 0.15) is 33.1 Å². The molecule has 0 spiro atoms. The molecule has 0 aromatic rings. The minimum atomic E-state index is -0.0738. The maximum atomic E-state index is 5.53. The number of piperidine rings is 1. The predicted molar refractivity (Wildman–Crippen MR) is 57.6 cm³/mol. The molecule has 0 bridgehead atoms. The minimum Gasteiger partial charge on any atom is -0.337 e. The molecule has 0 aromatic carbocycles. The molecule has 2 rings (SSSR count). The summed E-state index contributed by atoms with van der Waals surface area (Å²) in [4.78, 5) is 2.35. The summed E-state index contributed by atoms with van der Waals surface area (Å²) in [6.07, 6.45) is 3.77. The van der Waals surface area contributed by atoms with E-state index in [0.29, 0.717) is 0 Å². The van der Waals surface area contributed by atoms with Crippen LogP contribution in [0.5, 0.6) is 0 Å². The van der Waals surface area contributed by atoms with Crippen molar-refractivity contribution in [1.82, 2.24) is 4.90 Å². The van der Waals surface area contributed by atoms with Crippen molar-refractivity contribution >= 4 is 12.4 Å². The Morgan fingerprint density at radius 2 is 1.79 bits per heavy atom. The Labute approximate surface area is 92.2 Å². The van der Waals surface area contributed by atoms with E-state index in [1.807, 2.05) is 0 Å². The maximum Gasteiger partial charge on any atom is 0.219 e. The standard InChI is InChI=1S/C10H19NO2.ClH/c1-10(2)5-3-4-6-11(10)9-12-7-8-13-9;/h9H,3-8H2,1-2H3;1H. The first kappa shape index (κ1) is 12.2. The van der Waals surface area contributed by atoms with E-state index in [2.05, 4.69) is 18.7 Å². The zero-order valence-corrected chi connectivity index (χ0v) is 9.81. The van der Waals surface area contributed by atoms with Gasteiger partial charge in [-0.3, -0.25) is 0 Å². The molecule has 4 heteroatoms. The van der Waals surface area contributed by atoms with E-state index in [-0.39, 0.29) is 24.4 Å². The minimum absolute atomic E-state index is 0. The van der Waals surface area contributed by atoms with E-state index in [0.717, 1.165) is 19.8 Å². The summed E-state index contributed by atoms with van der Waals surface area (Å²) in [6, 6.07) is 0. The summed E-state index contributed by atoms with van der Waals surface area (Å²) in [6.45, 7) is 7.15. The largest absolute Gasteiger partial charge is 0.337 e. The Balaban J connectivity index is 0.000000980. The van der Waals surface area contributed by atoms with Crippen LogP contribution < -0.4 is 0 Å². The van der Waals surface area contributed by atoms with Gasteiger partial charge >= 0.3 is 0 Å². The third-order valence-electron chi connectivity index (χ3n) is 3.07. The lowest BCUT2D eigenvalue weighted by molar-refractivity contribution is -0.192. The van der Waals surface area contributed by atoms with Gasteiger partial charge < -0.3 is 9.47 Å². The highest BCUT2D eigenvalue weighted by atomic mass is 35.5. The van der Waals surface area contributed by atoms with Crippen molar-refractivity contribution in [2.75, 3.05) is 19.8 Å². The highest BCUT2D eigenvalue weighted by molar-refractivity contribution is 5.85. The van der Waals surface area contributed by atoms with Crippen molar-refractivity contribution in [1.29, 1.82) is 0 Å². The van der Waals surface area contributed by atoms with Gasteiger partial charge in [0, 0.05) is 12.1 Å². The van der Waals surface area contributed by atoms with Crippen molar-refractivity contribution in [2.24, 2.45) is 0 Å². The normalized spacial score (nSPS) is 28.7. The summed E-state index contributed by atoms with van der Waals surface area (Å²) in [7, 11) is 0. The van der Waals surface area contributed by atoms with Crippen LogP contribution in [0.25, 0.3) is 0 Å². The van der Waals surface area contributed by atoms with Crippen LogP contribution >= 0.6 is 12.4 Å². The monoisotopic (exact) mass is 221 g/mol. The van der Waals surface area contributed by atoms with Crippen molar-refractivity contribution < 1.29 is 9.47 Å². The smallest absolute Gasteiger partial charge is 0.219 e. The van der Waals surface area contributed by atoms with Crippen molar-refractivity contribution in [2.45, 2.75) is 45.1 Å². The Morgan fingerprint density at radius 1 is 1.14 bits per heavy atom. The summed E-state index contributed by atoms with van der Waals surface area (Å²) in [5, 5.41) is 0. The number of halogens is 1. The predicted octanol–water partition coefficient (Wildman–Crippen LogP) is 2.00. The van der Waals surface area contributed by atoms with Gasteiger partial charge in [0.2, 0.25) is 6.41 Å². The molecule has 0 unspecified atom stereocenters. The number of hydrogen-bond donors (Lipinski definition) is 0. The molecule has 0 amide bonds. The van der Waals surface area contributed by atoms with Crippen LogP contribution in [0.4, 0.5) is 0 Å². The summed E-state index contributed by atoms with van der Waals surface area (Å²) < 4.78 is 11.1. The summed E-state index contributed by atoms with van der Waals surface area (Å²) in [5.41, 5.74) is 0.243. The summed E-state index contributed by atoms with van der Waals surface area (Å²) >= 11 is 0. The van der Waals surface area contributed by atoms with Gasteiger partial charge in [0.1, 0.15) is 0 Å². The average molecular weight is 222 g/mol. The third-order valence-corrected chi connectivity index (χ3v) is 3.07. The first-order chi connectivity index (χ1) is 6.20. The van der Waals surface area contributed by atoms with Gasteiger partial charge in [-0.2, -0.15) is 0 Å². The molecule has 3 nitrogen and oxygen atoms in total. The van der Waals surface area contributed by atoms with Crippen LogP contribution in [-0.4, -0.2) is 36.6 Å². The molecule has 2 aliphatic rings. The zero-order chi connectivity index (χ0) is 9.31. The fourth-order valence-electron chi connectivity index (χ4n) is 2.20. The van der Waals surface area contributed by atoms with Gasteiger partial charge in [-0.15, -0.1) is 12.4 Å². The molecule has 2 fully saturated rings. The quantitative estimate of drug-likeness (QED) is 0.676. The van der Waals surface area contributed by atoms with Crippen molar-refractivity contribution in [3.05, 3.63) is 0 Å². The van der Waals surface area contributed by atoms with E-state index < -0.39 is 0 Å². The van der Waals surface area contributed by atoms with E-state index in [4.69, 9.17) is 9.47 Å². The lowest BCUT2D eigenvalue weighted by Crippen LogP contribution is -2.53. The Hall–Kier alpha value is 0.170. The first-order valence-corrected chi connectivity index (χ1v) is 5.20. The second-order valence-electron chi connectivity index (χ2n) is 4.51. The summed E-state index contributed by atoms with van der Waals surface area (Å²) in [5.74, 6) is 0. The lowest BCUT2D eigenvalue weighted by atomic mass is 9.91. The van der Waals surface area contributed by atoms with Gasteiger partial charge in [-0.05, 0) is 26.7 Å². The van der Waals surface area contributed by atoms with Gasteiger partial charge in [0.25, 0.3) is 0 Å². The van der Waals surface area contributed by atoms with E-state index >= 15 is 0 Å². The van der Waals surface area contributed by atoms with Crippen LogP contribution in [0, 0.1) is 0 Å². The van der Waals surface area contributed by atoms with Crippen LogP contribution in [0.15, 0.2) is 0 Å². The number of likely N-dealkylation sites (tertiary alicyclic amines) is 1. The molecule has 14 heavy (non-hydrogen) atoms. The molecular weight excluding hydrogens is 202 g/mol. The number of ether oxygens (including phenoxy) is 2.